The van der Waals surface area contributed by atoms with E-state index in [1.807, 2.05) is 55.5 Å². The fourth-order valence-corrected chi connectivity index (χ4v) is 1.71. The van der Waals surface area contributed by atoms with E-state index >= 15 is 0 Å². The van der Waals surface area contributed by atoms with Crippen molar-refractivity contribution >= 4 is 11.9 Å². The first-order valence-electron chi connectivity index (χ1n) is 5.71. The highest BCUT2D eigenvalue weighted by molar-refractivity contribution is 5.77. The summed E-state index contributed by atoms with van der Waals surface area (Å²) < 4.78 is 5.96. The minimum Gasteiger partial charge on any atom is -0.618 e. The Kier molecular flexibility index (Phi) is 3.63. The van der Waals surface area contributed by atoms with Crippen LogP contribution < -0.4 is 4.74 Å². The van der Waals surface area contributed by atoms with Crippen molar-refractivity contribution in [3.63, 3.8) is 0 Å². The number of methoxy groups -OCH3 is 1. The normalized spacial score (nSPS) is 11.3. The van der Waals surface area contributed by atoms with Crippen molar-refractivity contribution in [2.45, 2.75) is 6.92 Å². The molecule has 0 aliphatic heterocycles. The molecule has 2 aromatic rings. The summed E-state index contributed by atoms with van der Waals surface area (Å²) in [5.41, 5.74) is 2.46. The molecule has 0 saturated carbocycles. The van der Waals surface area contributed by atoms with Gasteiger partial charge in [-0.15, -0.1) is 0 Å². The highest BCUT2D eigenvalue weighted by Crippen LogP contribution is 2.17. The van der Waals surface area contributed by atoms with E-state index in [2.05, 4.69) is 0 Å². The molecular weight excluding hydrogens is 226 g/mol. The molecule has 0 amide bonds. The predicted octanol–water partition coefficient (Wildman–Crippen LogP) is 3.26. The minimum absolute atomic E-state index is 0.660. The Balaban J connectivity index is 2.29. The summed E-state index contributed by atoms with van der Waals surface area (Å²) in [4.78, 5) is 0. The van der Waals surface area contributed by atoms with Crippen LogP contribution in [0.4, 0.5) is 5.69 Å². The molecule has 0 N–H and O–H groups in total. The van der Waals surface area contributed by atoms with E-state index in [1.54, 1.807) is 13.3 Å². The molecule has 0 saturated heterocycles. The molecule has 3 nitrogen and oxygen atoms in total. The van der Waals surface area contributed by atoms with Crippen molar-refractivity contribution in [2.75, 3.05) is 7.11 Å². The molecule has 0 unspecified atom stereocenters. The second-order valence-electron chi connectivity index (χ2n) is 4.01. The number of hydrogen-bond acceptors (Lipinski definition) is 2. The first-order chi connectivity index (χ1) is 8.70. The third-order valence-electron chi connectivity index (χ3n) is 2.74. The highest BCUT2D eigenvalue weighted by Gasteiger charge is 2.05. The van der Waals surface area contributed by atoms with Gasteiger partial charge in [0.2, 0.25) is 5.69 Å². The zero-order valence-corrected chi connectivity index (χ0v) is 10.5. The molecule has 18 heavy (non-hydrogen) atoms. The molecule has 3 heteroatoms. The molecule has 92 valence electrons. The quantitative estimate of drug-likeness (QED) is 0.358. The molecule has 0 fully saturated rings. The Bertz CT molecular complexity index is 559. The summed E-state index contributed by atoms with van der Waals surface area (Å²) in [6.45, 7) is 1.92. The third-order valence-corrected chi connectivity index (χ3v) is 2.74. The SMILES string of the molecule is COc1ccc(C=[N+]([O-])c2ccccc2C)cc1. The molecule has 0 atom stereocenters. The van der Waals surface area contributed by atoms with Gasteiger partial charge in [-0.25, -0.2) is 0 Å². The van der Waals surface area contributed by atoms with E-state index in [0.717, 1.165) is 21.6 Å². The van der Waals surface area contributed by atoms with Gasteiger partial charge in [-0.3, -0.25) is 0 Å². The molecule has 0 aliphatic rings. The maximum absolute atomic E-state index is 12.0. The molecule has 2 aromatic carbocycles. The van der Waals surface area contributed by atoms with Gasteiger partial charge in [0, 0.05) is 17.2 Å². The van der Waals surface area contributed by atoms with Gasteiger partial charge >= 0.3 is 0 Å². The first kappa shape index (κ1) is 12.2. The number of nitrogens with zero attached hydrogens (tertiary/aromatic N) is 1. The van der Waals surface area contributed by atoms with Crippen LogP contribution in [-0.4, -0.2) is 18.1 Å². The van der Waals surface area contributed by atoms with E-state index in [-0.39, 0.29) is 0 Å². The number of aryl methyl sites for hydroxylation is 1. The van der Waals surface area contributed by atoms with Gasteiger partial charge < -0.3 is 9.94 Å². The van der Waals surface area contributed by atoms with Crippen molar-refractivity contribution in [3.05, 3.63) is 64.9 Å². The fourth-order valence-electron chi connectivity index (χ4n) is 1.71. The summed E-state index contributed by atoms with van der Waals surface area (Å²) in [6, 6.07) is 14.9. The highest BCUT2D eigenvalue weighted by atomic mass is 16.5. The van der Waals surface area contributed by atoms with Gasteiger partial charge in [0.1, 0.15) is 5.75 Å². The maximum Gasteiger partial charge on any atom is 0.219 e. The van der Waals surface area contributed by atoms with Crippen molar-refractivity contribution in [3.8, 4) is 5.75 Å². The summed E-state index contributed by atoms with van der Waals surface area (Å²) in [7, 11) is 1.62. The molecule has 0 bridgehead atoms. The molecule has 0 heterocycles. The van der Waals surface area contributed by atoms with Crippen LogP contribution in [0.1, 0.15) is 11.1 Å². The average Bonchev–Trinajstić information content (AvgIpc) is 2.40. The second-order valence-corrected chi connectivity index (χ2v) is 4.01. The fraction of sp³-hybridized carbons (Fsp3) is 0.133. The summed E-state index contributed by atoms with van der Waals surface area (Å²) >= 11 is 0. The van der Waals surface area contributed by atoms with Crippen molar-refractivity contribution in [2.24, 2.45) is 0 Å². The Morgan fingerprint density at radius 3 is 2.33 bits per heavy atom. The lowest BCUT2D eigenvalue weighted by Crippen LogP contribution is -2.00. The Hall–Kier alpha value is -2.29. The van der Waals surface area contributed by atoms with Crippen LogP contribution in [0.3, 0.4) is 0 Å². The Labute approximate surface area is 107 Å². The van der Waals surface area contributed by atoms with Gasteiger partial charge in [-0.05, 0) is 31.2 Å². The average molecular weight is 241 g/mol. The topological polar surface area (TPSA) is 35.3 Å². The Morgan fingerprint density at radius 1 is 1.06 bits per heavy atom. The lowest BCUT2D eigenvalue weighted by molar-refractivity contribution is -0.355. The predicted molar refractivity (Wildman–Crippen MR) is 72.6 cm³/mol. The van der Waals surface area contributed by atoms with Crippen molar-refractivity contribution in [1.29, 1.82) is 0 Å². The molecule has 0 aromatic heterocycles. The van der Waals surface area contributed by atoms with E-state index in [0.29, 0.717) is 5.69 Å². The summed E-state index contributed by atoms with van der Waals surface area (Å²) in [5, 5.41) is 12.0. The number of para-hydroxylation sites is 1. The smallest absolute Gasteiger partial charge is 0.219 e. The lowest BCUT2D eigenvalue weighted by atomic mass is 10.2. The third kappa shape index (κ3) is 2.69. The number of benzene rings is 2. The monoisotopic (exact) mass is 241 g/mol. The van der Waals surface area contributed by atoms with Crippen molar-refractivity contribution in [1.82, 2.24) is 0 Å². The number of hydrogen-bond donors (Lipinski definition) is 0. The van der Waals surface area contributed by atoms with Gasteiger partial charge in [0.05, 0.1) is 7.11 Å². The van der Waals surface area contributed by atoms with E-state index in [9.17, 15) is 5.21 Å². The van der Waals surface area contributed by atoms with Crippen LogP contribution in [0, 0.1) is 12.1 Å². The van der Waals surface area contributed by atoms with Gasteiger partial charge in [0.25, 0.3) is 0 Å². The molecule has 0 aliphatic carbocycles. The summed E-state index contributed by atoms with van der Waals surface area (Å²) in [6.07, 6.45) is 1.56. The molecular formula is C15H15NO2. The molecule has 0 spiro atoms. The van der Waals surface area contributed by atoms with Crippen LogP contribution in [-0.2, 0) is 0 Å². The Morgan fingerprint density at radius 2 is 1.72 bits per heavy atom. The molecule has 0 radical (unpaired) electrons. The maximum atomic E-state index is 12.0. The second kappa shape index (κ2) is 5.36. The van der Waals surface area contributed by atoms with Crippen molar-refractivity contribution < 1.29 is 9.48 Å². The minimum atomic E-state index is 0.660. The van der Waals surface area contributed by atoms with Gasteiger partial charge in [0.15, 0.2) is 6.21 Å². The standard InChI is InChI=1S/C15H15NO2/c1-12-5-3-4-6-15(12)16(17)11-13-7-9-14(18-2)10-8-13/h3-11H,1-2H3. The lowest BCUT2D eigenvalue weighted by Gasteiger charge is -2.05. The van der Waals surface area contributed by atoms with Gasteiger partial charge in [-0.1, -0.05) is 18.2 Å². The van der Waals surface area contributed by atoms with Gasteiger partial charge in [-0.2, -0.15) is 4.74 Å². The zero-order valence-electron chi connectivity index (χ0n) is 10.5. The zero-order chi connectivity index (χ0) is 13.0. The van der Waals surface area contributed by atoms with Crippen LogP contribution >= 0.6 is 0 Å². The first-order valence-corrected chi connectivity index (χ1v) is 5.71. The van der Waals surface area contributed by atoms with E-state index in [1.165, 1.54) is 0 Å². The van der Waals surface area contributed by atoms with Crippen LogP contribution in [0.2, 0.25) is 0 Å². The summed E-state index contributed by atoms with van der Waals surface area (Å²) in [5.74, 6) is 0.778. The van der Waals surface area contributed by atoms with Crippen LogP contribution in [0.15, 0.2) is 48.5 Å². The number of ether oxygens (including phenoxy) is 1. The van der Waals surface area contributed by atoms with Crippen LogP contribution in [0.5, 0.6) is 5.75 Å². The molecule has 2 rings (SSSR count). The number of rotatable bonds is 3. The largest absolute Gasteiger partial charge is 0.618 e. The van der Waals surface area contributed by atoms with E-state index < -0.39 is 0 Å². The van der Waals surface area contributed by atoms with E-state index in [4.69, 9.17) is 4.74 Å². The van der Waals surface area contributed by atoms with Crippen LogP contribution in [0.25, 0.3) is 0 Å².